The Hall–Kier alpha value is -2.46. The summed E-state index contributed by atoms with van der Waals surface area (Å²) in [5.74, 6) is -0.366. The molecule has 1 aliphatic rings. The standard InChI is InChI=1S/C16H19F3N6O/c1-23-4-6-24(7-5-23)9-15(26)22-13-8-12(16(17,18)19)2-3-14(13)25-11-20-10-21-25/h2-3,8,10-11H,4-7,9H2,1H3,(H,22,26). The number of benzene rings is 1. The minimum absolute atomic E-state index is 0.0458. The Morgan fingerprint density at radius 2 is 1.96 bits per heavy atom. The molecule has 0 bridgehead atoms. The molecule has 0 aliphatic carbocycles. The van der Waals surface area contributed by atoms with Gasteiger partial charge in [-0.25, -0.2) is 9.67 Å². The lowest BCUT2D eigenvalue weighted by Gasteiger charge is -2.31. The van der Waals surface area contributed by atoms with Gasteiger partial charge in [-0.2, -0.15) is 18.3 Å². The Morgan fingerprint density at radius 3 is 2.58 bits per heavy atom. The van der Waals surface area contributed by atoms with Crippen molar-refractivity contribution in [1.82, 2.24) is 24.6 Å². The molecular weight excluding hydrogens is 349 g/mol. The largest absolute Gasteiger partial charge is 0.416 e. The van der Waals surface area contributed by atoms with Crippen molar-refractivity contribution >= 4 is 11.6 Å². The van der Waals surface area contributed by atoms with Crippen molar-refractivity contribution in [2.45, 2.75) is 6.18 Å². The van der Waals surface area contributed by atoms with Crippen LogP contribution in [-0.4, -0.2) is 70.2 Å². The Kier molecular flexibility index (Phi) is 5.23. The van der Waals surface area contributed by atoms with Crippen LogP contribution in [0.4, 0.5) is 18.9 Å². The fraction of sp³-hybridized carbons (Fsp3) is 0.438. The number of hydrogen-bond acceptors (Lipinski definition) is 5. The van der Waals surface area contributed by atoms with Crippen LogP contribution < -0.4 is 5.32 Å². The third kappa shape index (κ3) is 4.38. The average Bonchev–Trinajstić information content (AvgIpc) is 3.10. The van der Waals surface area contributed by atoms with Crippen LogP contribution in [0.1, 0.15) is 5.56 Å². The van der Waals surface area contributed by atoms with Crippen molar-refractivity contribution < 1.29 is 18.0 Å². The van der Waals surface area contributed by atoms with E-state index in [1.807, 2.05) is 11.9 Å². The number of rotatable bonds is 4. The number of piperazine rings is 1. The molecule has 1 amide bonds. The summed E-state index contributed by atoms with van der Waals surface area (Å²) >= 11 is 0. The van der Waals surface area contributed by atoms with Gasteiger partial charge in [0, 0.05) is 26.2 Å². The molecule has 0 atom stereocenters. The Labute approximate surface area is 148 Å². The summed E-state index contributed by atoms with van der Waals surface area (Å²) in [6, 6.07) is 3.13. The van der Waals surface area contributed by atoms with Gasteiger partial charge in [0.2, 0.25) is 5.91 Å². The highest BCUT2D eigenvalue weighted by molar-refractivity contribution is 5.94. The van der Waals surface area contributed by atoms with Crippen LogP contribution in [-0.2, 0) is 11.0 Å². The second-order valence-electron chi connectivity index (χ2n) is 6.20. The van der Waals surface area contributed by atoms with Gasteiger partial charge in [0.15, 0.2) is 0 Å². The van der Waals surface area contributed by atoms with E-state index in [-0.39, 0.29) is 18.1 Å². The third-order valence-electron chi connectivity index (χ3n) is 4.23. The van der Waals surface area contributed by atoms with Gasteiger partial charge in [-0.1, -0.05) is 0 Å². The molecule has 7 nitrogen and oxygen atoms in total. The molecule has 26 heavy (non-hydrogen) atoms. The van der Waals surface area contributed by atoms with E-state index >= 15 is 0 Å². The number of halogens is 3. The molecule has 10 heteroatoms. The number of alkyl halides is 3. The Morgan fingerprint density at radius 1 is 1.23 bits per heavy atom. The summed E-state index contributed by atoms with van der Waals surface area (Å²) in [5, 5.41) is 6.51. The molecule has 1 aromatic heterocycles. The maximum Gasteiger partial charge on any atom is 0.416 e. The molecule has 3 rings (SSSR count). The van der Waals surface area contributed by atoms with E-state index in [4.69, 9.17) is 0 Å². The monoisotopic (exact) mass is 368 g/mol. The summed E-state index contributed by atoms with van der Waals surface area (Å²) in [4.78, 5) is 20.3. The molecule has 1 N–H and O–H groups in total. The predicted octanol–water partition coefficient (Wildman–Crippen LogP) is 1.47. The lowest BCUT2D eigenvalue weighted by molar-refractivity contribution is -0.137. The van der Waals surface area contributed by atoms with Gasteiger partial charge in [0.05, 0.1) is 23.5 Å². The number of nitrogens with zero attached hydrogens (tertiary/aromatic N) is 5. The molecule has 0 unspecified atom stereocenters. The molecule has 140 valence electrons. The molecular formula is C16H19F3N6O. The van der Waals surface area contributed by atoms with E-state index in [1.54, 1.807) is 0 Å². The number of amides is 1. The first-order chi connectivity index (χ1) is 12.3. The first kappa shape index (κ1) is 18.3. The normalized spacial score (nSPS) is 16.6. The van der Waals surface area contributed by atoms with Crippen molar-refractivity contribution in [2.24, 2.45) is 0 Å². The lowest BCUT2D eigenvalue weighted by atomic mass is 10.1. The number of hydrogen-bond donors (Lipinski definition) is 1. The van der Waals surface area contributed by atoms with Crippen molar-refractivity contribution in [2.75, 3.05) is 45.1 Å². The van der Waals surface area contributed by atoms with Crippen LogP contribution in [0.25, 0.3) is 5.69 Å². The summed E-state index contributed by atoms with van der Waals surface area (Å²) < 4.78 is 40.4. The summed E-state index contributed by atoms with van der Waals surface area (Å²) in [7, 11) is 2.00. The van der Waals surface area contributed by atoms with Gasteiger partial charge in [0.1, 0.15) is 12.7 Å². The minimum Gasteiger partial charge on any atom is -0.323 e. The zero-order valence-electron chi connectivity index (χ0n) is 14.2. The first-order valence-corrected chi connectivity index (χ1v) is 8.10. The van der Waals surface area contributed by atoms with E-state index in [0.29, 0.717) is 5.69 Å². The highest BCUT2D eigenvalue weighted by Gasteiger charge is 2.31. The summed E-state index contributed by atoms with van der Waals surface area (Å²) in [5.41, 5.74) is -0.469. The fourth-order valence-electron chi connectivity index (χ4n) is 2.74. The predicted molar refractivity (Wildman–Crippen MR) is 88.9 cm³/mol. The van der Waals surface area contributed by atoms with Crippen LogP contribution in [0.2, 0.25) is 0 Å². The van der Waals surface area contributed by atoms with E-state index < -0.39 is 11.7 Å². The Balaban J connectivity index is 1.79. The molecule has 0 saturated carbocycles. The third-order valence-corrected chi connectivity index (χ3v) is 4.23. The average molecular weight is 368 g/mol. The zero-order chi connectivity index (χ0) is 18.7. The van der Waals surface area contributed by atoms with Crippen LogP contribution in [0.3, 0.4) is 0 Å². The molecule has 2 heterocycles. The smallest absolute Gasteiger partial charge is 0.323 e. The first-order valence-electron chi connectivity index (χ1n) is 8.10. The SMILES string of the molecule is CN1CCN(CC(=O)Nc2cc(C(F)(F)F)ccc2-n2cncn2)CC1. The fourth-order valence-corrected chi connectivity index (χ4v) is 2.74. The van der Waals surface area contributed by atoms with E-state index in [0.717, 1.165) is 38.3 Å². The minimum atomic E-state index is -4.50. The summed E-state index contributed by atoms with van der Waals surface area (Å²) in [6.07, 6.45) is -1.87. The van der Waals surface area contributed by atoms with Crippen molar-refractivity contribution in [1.29, 1.82) is 0 Å². The van der Waals surface area contributed by atoms with Crippen molar-refractivity contribution in [3.8, 4) is 5.69 Å². The Bertz CT molecular complexity index is 754. The van der Waals surface area contributed by atoms with Gasteiger partial charge in [-0.3, -0.25) is 9.69 Å². The van der Waals surface area contributed by atoms with Crippen LogP contribution in [0.15, 0.2) is 30.9 Å². The number of carbonyl (C=O) groups is 1. The number of nitrogens with one attached hydrogen (secondary N) is 1. The number of likely N-dealkylation sites (N-methyl/N-ethyl adjacent to an activating group) is 1. The molecule has 1 saturated heterocycles. The van der Waals surface area contributed by atoms with Crippen molar-refractivity contribution in [3.05, 3.63) is 36.4 Å². The topological polar surface area (TPSA) is 66.3 Å². The quantitative estimate of drug-likeness (QED) is 0.885. The second kappa shape index (κ2) is 7.42. The van der Waals surface area contributed by atoms with E-state index in [9.17, 15) is 18.0 Å². The molecule has 2 aromatic rings. The van der Waals surface area contributed by atoms with Gasteiger partial charge < -0.3 is 10.2 Å². The molecule has 1 aliphatic heterocycles. The molecule has 1 aromatic carbocycles. The van der Waals surface area contributed by atoms with Crippen LogP contribution >= 0.6 is 0 Å². The van der Waals surface area contributed by atoms with Crippen LogP contribution in [0, 0.1) is 0 Å². The second-order valence-corrected chi connectivity index (χ2v) is 6.20. The van der Waals surface area contributed by atoms with Gasteiger partial charge in [-0.05, 0) is 25.2 Å². The maximum absolute atomic E-state index is 13.0. The summed E-state index contributed by atoms with van der Waals surface area (Å²) in [6.45, 7) is 3.30. The molecule has 0 spiro atoms. The van der Waals surface area contributed by atoms with Crippen molar-refractivity contribution in [3.63, 3.8) is 0 Å². The number of anilines is 1. The van der Waals surface area contributed by atoms with Gasteiger partial charge >= 0.3 is 6.18 Å². The van der Waals surface area contributed by atoms with Gasteiger partial charge in [0.25, 0.3) is 0 Å². The number of carbonyl (C=O) groups excluding carboxylic acids is 1. The van der Waals surface area contributed by atoms with E-state index in [1.165, 1.54) is 23.4 Å². The zero-order valence-corrected chi connectivity index (χ0v) is 14.2. The highest BCUT2D eigenvalue weighted by atomic mass is 19.4. The lowest BCUT2D eigenvalue weighted by Crippen LogP contribution is -2.47. The maximum atomic E-state index is 13.0. The molecule has 1 fully saturated rings. The van der Waals surface area contributed by atoms with Crippen LogP contribution in [0.5, 0.6) is 0 Å². The van der Waals surface area contributed by atoms with Gasteiger partial charge in [-0.15, -0.1) is 0 Å². The molecule has 0 radical (unpaired) electrons. The highest BCUT2D eigenvalue weighted by Crippen LogP contribution is 2.33. The van der Waals surface area contributed by atoms with E-state index in [2.05, 4.69) is 20.3 Å². The number of aromatic nitrogens is 3.